The van der Waals surface area contributed by atoms with Crippen molar-refractivity contribution >= 4 is 15.9 Å². The zero-order valence-corrected chi connectivity index (χ0v) is 18.1. The molecule has 2 aromatic carbocycles. The van der Waals surface area contributed by atoms with Gasteiger partial charge in [-0.25, -0.2) is 17.5 Å². The molecule has 0 aromatic heterocycles. The Hall–Kier alpha value is -2.25. The van der Waals surface area contributed by atoms with Gasteiger partial charge in [-0.3, -0.25) is 4.79 Å². The Morgan fingerprint density at radius 2 is 1.90 bits per heavy atom. The Balaban J connectivity index is 1.54. The lowest BCUT2D eigenvalue weighted by Crippen LogP contribution is -2.49. The van der Waals surface area contributed by atoms with Gasteiger partial charge in [0.05, 0.1) is 6.26 Å². The highest BCUT2D eigenvalue weighted by atomic mass is 32.2. The Morgan fingerprint density at radius 3 is 2.60 bits per heavy atom. The van der Waals surface area contributed by atoms with Gasteiger partial charge in [0.15, 0.2) is 0 Å². The Morgan fingerprint density at radius 1 is 1.17 bits per heavy atom. The molecule has 160 valence electrons. The number of benzene rings is 2. The van der Waals surface area contributed by atoms with Crippen molar-refractivity contribution in [3.8, 4) is 11.1 Å². The zero-order chi connectivity index (χ0) is 21.5. The summed E-state index contributed by atoms with van der Waals surface area (Å²) in [5, 5.41) is 0. The molecular weight excluding hydrogens is 403 g/mol. The van der Waals surface area contributed by atoms with E-state index in [1.807, 2.05) is 36.4 Å². The van der Waals surface area contributed by atoms with Gasteiger partial charge >= 0.3 is 0 Å². The van der Waals surface area contributed by atoms with Crippen LogP contribution in [0.3, 0.4) is 0 Å². The minimum Gasteiger partial charge on any atom is -0.341 e. The third-order valence-corrected chi connectivity index (χ3v) is 6.88. The summed E-state index contributed by atoms with van der Waals surface area (Å²) in [6.07, 6.45) is 3.40. The van der Waals surface area contributed by atoms with Gasteiger partial charge in [0.25, 0.3) is 0 Å². The fourth-order valence-corrected chi connectivity index (χ4v) is 5.42. The Labute approximate surface area is 177 Å². The number of carbonyl (C=O) groups is 1. The zero-order valence-electron chi connectivity index (χ0n) is 17.3. The van der Waals surface area contributed by atoms with E-state index in [-0.39, 0.29) is 29.6 Å². The molecule has 4 rings (SSSR count). The third kappa shape index (κ3) is 4.42. The second-order valence-electron chi connectivity index (χ2n) is 8.46. The van der Waals surface area contributed by atoms with Crippen LogP contribution in [0.1, 0.15) is 36.3 Å². The van der Waals surface area contributed by atoms with Gasteiger partial charge in [-0.05, 0) is 60.4 Å². The highest BCUT2D eigenvalue weighted by Crippen LogP contribution is 2.52. The van der Waals surface area contributed by atoms with Crippen LogP contribution in [-0.2, 0) is 14.8 Å². The molecule has 0 radical (unpaired) electrons. The van der Waals surface area contributed by atoms with Crippen molar-refractivity contribution in [2.24, 2.45) is 5.92 Å². The maximum atomic E-state index is 14.3. The molecule has 3 atom stereocenters. The third-order valence-electron chi connectivity index (χ3n) is 6.11. The molecule has 0 spiro atoms. The highest BCUT2D eigenvalue weighted by Gasteiger charge is 2.47. The fraction of sp³-hybridized carbons (Fsp3) is 0.435. The first kappa shape index (κ1) is 21.0. The Bertz CT molecular complexity index is 1060. The summed E-state index contributed by atoms with van der Waals surface area (Å²) in [4.78, 5) is 14.9. The minimum absolute atomic E-state index is 0.0650. The van der Waals surface area contributed by atoms with Gasteiger partial charge in [-0.2, -0.15) is 0 Å². The van der Waals surface area contributed by atoms with E-state index < -0.39 is 10.0 Å². The SMILES string of the molecule is Cc1c(F)ccc(C2CC2C(=O)N2CCCC(NS(C)(=O)=O)C2)c1-c1ccccc1. The number of piperidine rings is 1. The van der Waals surface area contributed by atoms with Crippen molar-refractivity contribution in [2.45, 2.75) is 38.1 Å². The number of sulfonamides is 1. The predicted molar refractivity (Wildman–Crippen MR) is 115 cm³/mol. The first-order chi connectivity index (χ1) is 14.2. The summed E-state index contributed by atoms with van der Waals surface area (Å²) < 4.78 is 40.0. The standard InChI is InChI=1S/C23H27FN2O3S/c1-15-21(24)11-10-18(22(15)16-7-4-3-5-8-16)19-13-20(19)23(27)26-12-6-9-17(14-26)25-30(2,28)29/h3-5,7-8,10-11,17,19-20,25H,6,9,12-14H2,1-2H3. The number of halogens is 1. The molecule has 5 nitrogen and oxygen atoms in total. The van der Waals surface area contributed by atoms with E-state index in [1.165, 1.54) is 6.07 Å². The van der Waals surface area contributed by atoms with E-state index in [4.69, 9.17) is 0 Å². The van der Waals surface area contributed by atoms with Gasteiger partial charge in [0.1, 0.15) is 5.82 Å². The molecule has 1 saturated heterocycles. The van der Waals surface area contributed by atoms with Crippen molar-refractivity contribution < 1.29 is 17.6 Å². The van der Waals surface area contributed by atoms with E-state index in [1.54, 1.807) is 11.8 Å². The van der Waals surface area contributed by atoms with Crippen LogP contribution in [0, 0.1) is 18.7 Å². The molecule has 2 aromatic rings. The molecule has 2 fully saturated rings. The number of carbonyl (C=O) groups excluding carboxylic acids is 1. The monoisotopic (exact) mass is 430 g/mol. The quantitative estimate of drug-likeness (QED) is 0.790. The highest BCUT2D eigenvalue weighted by molar-refractivity contribution is 7.88. The first-order valence-electron chi connectivity index (χ1n) is 10.3. The number of nitrogens with one attached hydrogen (secondary N) is 1. The van der Waals surface area contributed by atoms with E-state index in [0.717, 1.165) is 42.2 Å². The lowest BCUT2D eigenvalue weighted by molar-refractivity contribution is -0.133. The second-order valence-corrected chi connectivity index (χ2v) is 10.2. The molecule has 7 heteroatoms. The molecule has 1 saturated carbocycles. The lowest BCUT2D eigenvalue weighted by Gasteiger charge is -2.33. The van der Waals surface area contributed by atoms with E-state index in [9.17, 15) is 17.6 Å². The summed E-state index contributed by atoms with van der Waals surface area (Å²) in [6.45, 7) is 2.84. The van der Waals surface area contributed by atoms with Crippen molar-refractivity contribution in [3.05, 3.63) is 59.4 Å². The van der Waals surface area contributed by atoms with Crippen molar-refractivity contribution in [2.75, 3.05) is 19.3 Å². The summed E-state index contributed by atoms with van der Waals surface area (Å²) in [7, 11) is -3.30. The van der Waals surface area contributed by atoms with Crippen LogP contribution in [0.2, 0.25) is 0 Å². The van der Waals surface area contributed by atoms with E-state index in [0.29, 0.717) is 18.7 Å². The van der Waals surface area contributed by atoms with E-state index in [2.05, 4.69) is 4.72 Å². The van der Waals surface area contributed by atoms with Crippen LogP contribution in [0.4, 0.5) is 4.39 Å². The maximum Gasteiger partial charge on any atom is 0.226 e. The first-order valence-corrected chi connectivity index (χ1v) is 12.2. The predicted octanol–water partition coefficient (Wildman–Crippen LogP) is 3.44. The summed E-state index contributed by atoms with van der Waals surface area (Å²) in [6, 6.07) is 12.8. The van der Waals surface area contributed by atoms with Crippen LogP contribution in [0.5, 0.6) is 0 Å². The average molecular weight is 431 g/mol. The molecule has 1 amide bonds. The summed E-state index contributed by atoms with van der Waals surface area (Å²) in [5.41, 5.74) is 3.46. The fourth-order valence-electron chi connectivity index (χ4n) is 4.63. The van der Waals surface area contributed by atoms with Crippen LogP contribution in [0.15, 0.2) is 42.5 Å². The lowest BCUT2D eigenvalue weighted by atomic mass is 9.91. The molecule has 1 aliphatic carbocycles. The maximum absolute atomic E-state index is 14.3. The van der Waals surface area contributed by atoms with Gasteiger partial charge in [0, 0.05) is 25.0 Å². The van der Waals surface area contributed by atoms with Gasteiger partial charge in [-0.1, -0.05) is 36.4 Å². The van der Waals surface area contributed by atoms with Crippen LogP contribution in [-0.4, -0.2) is 44.6 Å². The van der Waals surface area contributed by atoms with E-state index >= 15 is 0 Å². The molecule has 1 N–H and O–H groups in total. The van der Waals surface area contributed by atoms with Gasteiger partial charge in [-0.15, -0.1) is 0 Å². The normalized spacial score (nSPS) is 24.0. The molecule has 1 aliphatic heterocycles. The number of rotatable bonds is 5. The molecule has 2 aliphatic rings. The molecule has 3 unspecified atom stereocenters. The van der Waals surface area contributed by atoms with Crippen molar-refractivity contribution in [1.29, 1.82) is 0 Å². The molecule has 30 heavy (non-hydrogen) atoms. The van der Waals surface area contributed by atoms with Crippen molar-refractivity contribution in [3.63, 3.8) is 0 Å². The number of nitrogens with zero attached hydrogens (tertiary/aromatic N) is 1. The molecule has 0 bridgehead atoms. The molecule has 1 heterocycles. The van der Waals surface area contributed by atoms with Crippen LogP contribution in [0.25, 0.3) is 11.1 Å². The molecular formula is C23H27FN2O3S. The Kier molecular flexibility index (Phi) is 5.68. The topological polar surface area (TPSA) is 66.5 Å². The minimum atomic E-state index is -3.30. The number of likely N-dealkylation sites (tertiary alicyclic amines) is 1. The summed E-state index contributed by atoms with van der Waals surface area (Å²) in [5.74, 6) is -0.239. The van der Waals surface area contributed by atoms with Crippen LogP contribution >= 0.6 is 0 Å². The average Bonchev–Trinajstić information content (AvgIpc) is 3.49. The summed E-state index contributed by atoms with van der Waals surface area (Å²) >= 11 is 0. The largest absolute Gasteiger partial charge is 0.341 e. The second kappa shape index (κ2) is 8.12. The van der Waals surface area contributed by atoms with Crippen molar-refractivity contribution in [1.82, 2.24) is 9.62 Å². The number of hydrogen-bond acceptors (Lipinski definition) is 3. The van der Waals surface area contributed by atoms with Crippen LogP contribution < -0.4 is 4.72 Å². The number of amides is 1. The van der Waals surface area contributed by atoms with Gasteiger partial charge in [0.2, 0.25) is 15.9 Å². The van der Waals surface area contributed by atoms with Gasteiger partial charge < -0.3 is 4.90 Å². The number of hydrogen-bond donors (Lipinski definition) is 1. The smallest absolute Gasteiger partial charge is 0.226 e.